The smallest absolute Gasteiger partial charge is 0.0510 e. The Morgan fingerprint density at radius 1 is 1.69 bits per heavy atom. The number of likely N-dealkylation sites (N-methyl/N-ethyl adjacent to an activating group) is 1. The van der Waals surface area contributed by atoms with Gasteiger partial charge >= 0.3 is 0 Å². The second-order valence-corrected chi connectivity index (χ2v) is 4.30. The summed E-state index contributed by atoms with van der Waals surface area (Å²) in [6.45, 7) is 1.73. The average Bonchev–Trinajstić information content (AvgIpc) is 2.81. The highest BCUT2D eigenvalue weighted by Gasteiger charge is 2.25. The maximum absolute atomic E-state index is 5.92. The highest BCUT2D eigenvalue weighted by Crippen LogP contribution is 2.21. The van der Waals surface area contributed by atoms with Crippen LogP contribution < -0.4 is 11.1 Å². The van der Waals surface area contributed by atoms with Crippen molar-refractivity contribution in [3.05, 3.63) is 24.0 Å². The zero-order valence-corrected chi connectivity index (χ0v) is 9.65. The Kier molecular flexibility index (Phi) is 3.74. The molecule has 0 radical (unpaired) electrons. The van der Waals surface area contributed by atoms with Crippen molar-refractivity contribution in [1.29, 1.82) is 0 Å². The molecule has 4 heteroatoms. The van der Waals surface area contributed by atoms with Crippen LogP contribution in [0.2, 0.25) is 0 Å². The van der Waals surface area contributed by atoms with Gasteiger partial charge < -0.3 is 15.8 Å². The van der Waals surface area contributed by atoms with E-state index in [0.717, 1.165) is 37.3 Å². The van der Waals surface area contributed by atoms with Crippen LogP contribution >= 0.6 is 0 Å². The topological polar surface area (TPSA) is 60.2 Å². The van der Waals surface area contributed by atoms with Crippen molar-refractivity contribution in [2.75, 3.05) is 26.0 Å². The van der Waals surface area contributed by atoms with E-state index in [4.69, 9.17) is 10.5 Å². The van der Waals surface area contributed by atoms with E-state index in [1.165, 1.54) is 0 Å². The molecule has 16 heavy (non-hydrogen) atoms. The first kappa shape index (κ1) is 11.4. The largest absolute Gasteiger partial charge is 0.398 e. The Hall–Kier alpha value is -1.13. The van der Waals surface area contributed by atoms with E-state index in [-0.39, 0.29) is 0 Å². The second kappa shape index (κ2) is 5.27. The number of hydrogen-bond donors (Lipinski definition) is 2. The summed E-state index contributed by atoms with van der Waals surface area (Å²) in [4.78, 5) is 4.12. The Morgan fingerprint density at radius 3 is 3.19 bits per heavy atom. The van der Waals surface area contributed by atoms with Crippen LogP contribution in [0.4, 0.5) is 5.69 Å². The number of nitrogens with two attached hydrogens (primary N) is 1. The van der Waals surface area contributed by atoms with Crippen molar-refractivity contribution in [3.63, 3.8) is 0 Å². The van der Waals surface area contributed by atoms with Crippen LogP contribution in [-0.2, 0) is 11.2 Å². The van der Waals surface area contributed by atoms with Gasteiger partial charge in [-0.25, -0.2) is 0 Å². The van der Waals surface area contributed by atoms with E-state index >= 15 is 0 Å². The number of ether oxygens (including phenoxy) is 1. The van der Waals surface area contributed by atoms with Crippen molar-refractivity contribution in [2.24, 2.45) is 5.92 Å². The molecule has 0 spiro atoms. The van der Waals surface area contributed by atoms with Gasteiger partial charge in [0.15, 0.2) is 0 Å². The zero-order valence-electron chi connectivity index (χ0n) is 9.65. The third-order valence-corrected chi connectivity index (χ3v) is 3.29. The van der Waals surface area contributed by atoms with Gasteiger partial charge in [-0.05, 0) is 31.5 Å². The zero-order chi connectivity index (χ0) is 11.4. The summed E-state index contributed by atoms with van der Waals surface area (Å²) in [5, 5.41) is 3.36. The summed E-state index contributed by atoms with van der Waals surface area (Å²) in [7, 11) is 2.00. The Bertz CT molecular complexity index is 337. The number of pyridine rings is 1. The molecule has 0 aromatic carbocycles. The van der Waals surface area contributed by atoms with Crippen molar-refractivity contribution < 1.29 is 4.74 Å². The summed E-state index contributed by atoms with van der Waals surface area (Å²) in [5.41, 5.74) is 7.87. The first-order chi connectivity index (χ1) is 7.81. The third kappa shape index (κ3) is 2.51. The highest BCUT2D eigenvalue weighted by atomic mass is 16.5. The molecule has 88 valence electrons. The number of anilines is 1. The van der Waals surface area contributed by atoms with Crippen molar-refractivity contribution in [3.8, 4) is 0 Å². The molecule has 1 saturated heterocycles. The fourth-order valence-corrected chi connectivity index (χ4v) is 2.22. The van der Waals surface area contributed by atoms with Gasteiger partial charge in [0, 0.05) is 36.6 Å². The van der Waals surface area contributed by atoms with Crippen LogP contribution in [0.3, 0.4) is 0 Å². The van der Waals surface area contributed by atoms with Crippen molar-refractivity contribution >= 4 is 5.69 Å². The van der Waals surface area contributed by atoms with Crippen LogP contribution in [0.15, 0.2) is 18.5 Å². The Balaban J connectivity index is 2.03. The molecule has 1 aliphatic heterocycles. The van der Waals surface area contributed by atoms with Gasteiger partial charge in [0.25, 0.3) is 0 Å². The number of nitrogens with one attached hydrogen (secondary N) is 1. The normalized spacial score (nSPS) is 22.2. The molecule has 2 unspecified atom stereocenters. The van der Waals surface area contributed by atoms with Crippen LogP contribution in [0.5, 0.6) is 0 Å². The molecular formula is C12H19N3O. The SMILES string of the molecule is CNC(Cc1cnccc1N)C1CCOC1. The van der Waals surface area contributed by atoms with Crippen molar-refractivity contribution in [1.82, 2.24) is 10.3 Å². The second-order valence-electron chi connectivity index (χ2n) is 4.30. The summed E-state index contributed by atoms with van der Waals surface area (Å²) in [5.74, 6) is 0.588. The Morgan fingerprint density at radius 2 is 2.56 bits per heavy atom. The standard InChI is InChI=1S/C12H19N3O/c1-14-12(9-3-5-16-8-9)6-10-7-15-4-2-11(10)13/h2,4,7,9,12,14H,3,5-6,8H2,1H3,(H2,13,15). The van der Waals surface area contributed by atoms with Crippen LogP contribution in [-0.4, -0.2) is 31.3 Å². The van der Waals surface area contributed by atoms with Gasteiger partial charge in [0.05, 0.1) is 6.61 Å². The van der Waals surface area contributed by atoms with E-state index in [1.807, 2.05) is 19.3 Å². The predicted octanol–water partition coefficient (Wildman–Crippen LogP) is 0.831. The van der Waals surface area contributed by atoms with Crippen molar-refractivity contribution in [2.45, 2.75) is 18.9 Å². The van der Waals surface area contributed by atoms with Crippen LogP contribution in [0, 0.1) is 5.92 Å². The fourth-order valence-electron chi connectivity index (χ4n) is 2.22. The number of rotatable bonds is 4. The lowest BCUT2D eigenvalue weighted by Gasteiger charge is -2.22. The van der Waals surface area contributed by atoms with E-state index in [0.29, 0.717) is 12.0 Å². The lowest BCUT2D eigenvalue weighted by molar-refractivity contribution is 0.177. The molecule has 1 fully saturated rings. The number of nitrogen functional groups attached to an aromatic ring is 1. The minimum absolute atomic E-state index is 0.425. The van der Waals surface area contributed by atoms with Gasteiger partial charge in [-0.1, -0.05) is 0 Å². The summed E-state index contributed by atoms with van der Waals surface area (Å²) < 4.78 is 5.42. The molecule has 2 atom stereocenters. The van der Waals surface area contributed by atoms with E-state index in [9.17, 15) is 0 Å². The predicted molar refractivity (Wildman–Crippen MR) is 64.1 cm³/mol. The van der Waals surface area contributed by atoms with Crippen LogP contribution in [0.1, 0.15) is 12.0 Å². The third-order valence-electron chi connectivity index (χ3n) is 3.29. The minimum atomic E-state index is 0.425. The number of hydrogen-bond acceptors (Lipinski definition) is 4. The lowest BCUT2D eigenvalue weighted by Crippen LogP contribution is -2.36. The quantitative estimate of drug-likeness (QED) is 0.790. The number of nitrogens with zero attached hydrogens (tertiary/aromatic N) is 1. The summed E-state index contributed by atoms with van der Waals surface area (Å²) in [6.07, 6.45) is 5.64. The molecule has 1 aromatic rings. The van der Waals surface area contributed by atoms with Gasteiger partial charge in [-0.3, -0.25) is 4.98 Å². The fraction of sp³-hybridized carbons (Fsp3) is 0.583. The van der Waals surface area contributed by atoms with E-state index < -0.39 is 0 Å². The molecule has 0 aliphatic carbocycles. The van der Waals surface area contributed by atoms with E-state index in [2.05, 4.69) is 10.3 Å². The lowest BCUT2D eigenvalue weighted by atomic mass is 9.93. The molecule has 2 rings (SSSR count). The van der Waals surface area contributed by atoms with E-state index in [1.54, 1.807) is 6.20 Å². The van der Waals surface area contributed by atoms with Gasteiger partial charge in [0.2, 0.25) is 0 Å². The molecular weight excluding hydrogens is 202 g/mol. The molecule has 1 aliphatic rings. The molecule has 2 heterocycles. The molecule has 1 aromatic heterocycles. The maximum Gasteiger partial charge on any atom is 0.0510 e. The summed E-state index contributed by atoms with van der Waals surface area (Å²) in [6, 6.07) is 2.28. The first-order valence-electron chi connectivity index (χ1n) is 5.74. The van der Waals surface area contributed by atoms with Crippen LogP contribution in [0.25, 0.3) is 0 Å². The minimum Gasteiger partial charge on any atom is -0.398 e. The summed E-state index contributed by atoms with van der Waals surface area (Å²) >= 11 is 0. The first-order valence-corrected chi connectivity index (χ1v) is 5.74. The molecule has 0 bridgehead atoms. The average molecular weight is 221 g/mol. The maximum atomic E-state index is 5.92. The Labute approximate surface area is 96.2 Å². The molecule has 0 amide bonds. The monoisotopic (exact) mass is 221 g/mol. The molecule has 0 saturated carbocycles. The number of aromatic nitrogens is 1. The molecule has 3 N–H and O–H groups in total. The van der Waals surface area contributed by atoms with Gasteiger partial charge in [0.1, 0.15) is 0 Å². The highest BCUT2D eigenvalue weighted by molar-refractivity contribution is 5.44. The van der Waals surface area contributed by atoms with Gasteiger partial charge in [-0.15, -0.1) is 0 Å². The van der Waals surface area contributed by atoms with Gasteiger partial charge in [-0.2, -0.15) is 0 Å². The molecule has 4 nitrogen and oxygen atoms in total.